The summed E-state index contributed by atoms with van der Waals surface area (Å²) in [5.41, 5.74) is 2.32. The number of halogens is 2. The molecule has 0 aromatic heterocycles. The number of rotatable bonds is 3. The summed E-state index contributed by atoms with van der Waals surface area (Å²) >= 11 is 6.24. The highest BCUT2D eigenvalue weighted by atomic mass is 35.5. The number of ether oxygens (including phenoxy) is 2. The van der Waals surface area contributed by atoms with Crippen LogP contribution < -0.4 is 19.7 Å². The van der Waals surface area contributed by atoms with Crippen LogP contribution in [0.3, 0.4) is 0 Å². The molecule has 1 N–H and O–H groups in total. The fourth-order valence-electron chi connectivity index (χ4n) is 3.33. The molecule has 0 aliphatic carbocycles. The smallest absolute Gasteiger partial charge is 0.243 e. The van der Waals surface area contributed by atoms with E-state index >= 15 is 0 Å². The third-order valence-electron chi connectivity index (χ3n) is 4.50. The van der Waals surface area contributed by atoms with Gasteiger partial charge in [0.05, 0.1) is 17.3 Å². The lowest BCUT2D eigenvalue weighted by molar-refractivity contribution is -0.115. The minimum atomic E-state index is -0.252. The van der Waals surface area contributed by atoms with E-state index < -0.39 is 0 Å². The normalized spacial score (nSPS) is 15.4. The average molecular weight is 377 g/mol. The molecular weight excluding hydrogens is 359 g/mol. The van der Waals surface area contributed by atoms with Crippen molar-refractivity contribution in [2.24, 2.45) is 0 Å². The summed E-state index contributed by atoms with van der Waals surface area (Å²) in [5.74, 6) is 0.694. The van der Waals surface area contributed by atoms with Gasteiger partial charge in [0.2, 0.25) is 5.91 Å². The van der Waals surface area contributed by atoms with E-state index in [1.165, 1.54) is 12.1 Å². The van der Waals surface area contributed by atoms with Crippen LogP contribution in [0.15, 0.2) is 30.3 Å². The first-order valence-electron chi connectivity index (χ1n) is 8.52. The Balaban J connectivity index is 1.49. The van der Waals surface area contributed by atoms with Crippen molar-refractivity contribution in [1.82, 2.24) is 0 Å². The number of nitrogens with one attached hydrogen (secondary N) is 1. The van der Waals surface area contributed by atoms with Gasteiger partial charge in [0.1, 0.15) is 19.0 Å². The Morgan fingerprint density at radius 3 is 2.77 bits per heavy atom. The van der Waals surface area contributed by atoms with Gasteiger partial charge in [0.15, 0.2) is 11.5 Å². The van der Waals surface area contributed by atoms with Gasteiger partial charge < -0.3 is 19.7 Å². The molecule has 26 heavy (non-hydrogen) atoms. The van der Waals surface area contributed by atoms with Crippen molar-refractivity contribution in [2.75, 3.05) is 36.5 Å². The number of carbonyl (C=O) groups is 1. The Labute approximate surface area is 155 Å². The zero-order valence-corrected chi connectivity index (χ0v) is 14.8. The first-order valence-corrected chi connectivity index (χ1v) is 8.90. The van der Waals surface area contributed by atoms with E-state index in [0.29, 0.717) is 35.4 Å². The lowest BCUT2D eigenvalue weighted by Crippen LogP contribution is -2.36. The molecule has 136 valence electrons. The van der Waals surface area contributed by atoms with Crippen LogP contribution in [0.5, 0.6) is 11.5 Å². The molecule has 2 aromatic rings. The molecule has 0 spiro atoms. The molecule has 2 aliphatic rings. The van der Waals surface area contributed by atoms with E-state index in [4.69, 9.17) is 21.1 Å². The van der Waals surface area contributed by atoms with Crippen LogP contribution in [0.25, 0.3) is 0 Å². The maximum Gasteiger partial charge on any atom is 0.243 e. The van der Waals surface area contributed by atoms with Crippen LogP contribution in [-0.4, -0.2) is 32.2 Å². The summed E-state index contributed by atoms with van der Waals surface area (Å²) in [5, 5.41) is 3.22. The van der Waals surface area contributed by atoms with Gasteiger partial charge >= 0.3 is 0 Å². The van der Waals surface area contributed by atoms with Crippen molar-refractivity contribution < 1.29 is 18.7 Å². The summed E-state index contributed by atoms with van der Waals surface area (Å²) in [6.07, 6.45) is 1.70. The minimum Gasteiger partial charge on any atom is -0.486 e. The fourth-order valence-corrected chi connectivity index (χ4v) is 3.53. The number of fused-ring (bicyclic) bond motifs is 2. The number of hydrogen-bond donors (Lipinski definition) is 1. The van der Waals surface area contributed by atoms with Crippen molar-refractivity contribution >= 4 is 28.9 Å². The molecule has 0 fully saturated rings. The molecule has 2 aliphatic heterocycles. The first kappa shape index (κ1) is 17.0. The second-order valence-corrected chi connectivity index (χ2v) is 6.73. The third kappa shape index (κ3) is 3.42. The Morgan fingerprint density at radius 1 is 1.19 bits per heavy atom. The molecule has 0 radical (unpaired) electrons. The monoisotopic (exact) mass is 376 g/mol. The number of hydrogen-bond acceptors (Lipinski definition) is 4. The summed E-state index contributed by atoms with van der Waals surface area (Å²) in [6.45, 7) is 1.86. The van der Waals surface area contributed by atoms with Gasteiger partial charge in [-0.15, -0.1) is 0 Å². The maximum atomic E-state index is 13.4. The molecule has 7 heteroatoms. The summed E-state index contributed by atoms with van der Waals surface area (Å²) in [7, 11) is 0. The number of nitrogens with zero attached hydrogens (tertiary/aromatic N) is 1. The number of anilines is 2. The highest BCUT2D eigenvalue weighted by Crippen LogP contribution is 2.38. The SMILES string of the molecule is O=C(CN1CCCc2cc(F)ccc21)Nc1cc2c(cc1Cl)OCCO2. The van der Waals surface area contributed by atoms with Crippen molar-refractivity contribution in [3.63, 3.8) is 0 Å². The van der Waals surface area contributed by atoms with Crippen molar-refractivity contribution in [3.8, 4) is 11.5 Å². The van der Waals surface area contributed by atoms with Crippen molar-refractivity contribution in [1.29, 1.82) is 0 Å². The quantitative estimate of drug-likeness (QED) is 0.888. The predicted molar refractivity (Wildman–Crippen MR) is 98.0 cm³/mol. The Hall–Kier alpha value is -2.47. The summed E-state index contributed by atoms with van der Waals surface area (Å²) in [6, 6.07) is 8.01. The molecule has 0 unspecified atom stereocenters. The van der Waals surface area contributed by atoms with E-state index in [-0.39, 0.29) is 18.3 Å². The molecule has 5 nitrogen and oxygen atoms in total. The Morgan fingerprint density at radius 2 is 1.96 bits per heavy atom. The zero-order valence-electron chi connectivity index (χ0n) is 14.1. The topological polar surface area (TPSA) is 50.8 Å². The van der Waals surface area contributed by atoms with Gasteiger partial charge in [0, 0.05) is 24.4 Å². The highest BCUT2D eigenvalue weighted by Gasteiger charge is 2.21. The molecule has 0 saturated carbocycles. The Bertz CT molecular complexity index is 859. The molecule has 0 saturated heterocycles. The van der Waals surface area contributed by atoms with E-state index in [1.807, 2.05) is 4.90 Å². The van der Waals surface area contributed by atoms with E-state index in [2.05, 4.69) is 5.32 Å². The van der Waals surface area contributed by atoms with Gasteiger partial charge in [-0.2, -0.15) is 0 Å². The fraction of sp³-hybridized carbons (Fsp3) is 0.316. The van der Waals surface area contributed by atoms with Gasteiger partial charge in [-0.1, -0.05) is 11.6 Å². The lowest BCUT2D eigenvalue weighted by Gasteiger charge is -2.30. The molecule has 0 bridgehead atoms. The number of carbonyl (C=O) groups excluding carboxylic acids is 1. The number of aryl methyl sites for hydroxylation is 1. The Kier molecular flexibility index (Phi) is 4.59. The second-order valence-electron chi connectivity index (χ2n) is 6.32. The van der Waals surface area contributed by atoms with Gasteiger partial charge in [-0.25, -0.2) is 4.39 Å². The zero-order chi connectivity index (χ0) is 18.1. The van der Waals surface area contributed by atoms with Crippen molar-refractivity contribution in [3.05, 3.63) is 46.7 Å². The summed E-state index contributed by atoms with van der Waals surface area (Å²) in [4.78, 5) is 14.5. The van der Waals surface area contributed by atoms with E-state index in [0.717, 1.165) is 30.6 Å². The van der Waals surface area contributed by atoms with Crippen LogP contribution in [0.4, 0.5) is 15.8 Å². The lowest BCUT2D eigenvalue weighted by atomic mass is 10.0. The van der Waals surface area contributed by atoms with Gasteiger partial charge in [0.25, 0.3) is 0 Å². The largest absolute Gasteiger partial charge is 0.486 e. The van der Waals surface area contributed by atoms with Crippen LogP contribution in [-0.2, 0) is 11.2 Å². The second kappa shape index (κ2) is 7.03. The maximum absolute atomic E-state index is 13.4. The number of amides is 1. The van der Waals surface area contributed by atoms with Crippen LogP contribution in [0, 0.1) is 5.82 Å². The molecule has 4 rings (SSSR count). The third-order valence-corrected chi connectivity index (χ3v) is 4.81. The van der Waals surface area contributed by atoms with Crippen molar-refractivity contribution in [2.45, 2.75) is 12.8 Å². The molecular formula is C19H18ClFN2O3. The molecule has 1 amide bonds. The average Bonchev–Trinajstić information content (AvgIpc) is 2.62. The molecule has 2 heterocycles. The number of benzene rings is 2. The van der Waals surface area contributed by atoms with E-state index in [1.54, 1.807) is 18.2 Å². The van der Waals surface area contributed by atoms with Gasteiger partial charge in [-0.3, -0.25) is 4.79 Å². The minimum absolute atomic E-state index is 0.170. The van der Waals surface area contributed by atoms with Crippen LogP contribution >= 0.6 is 11.6 Å². The molecule has 2 aromatic carbocycles. The standard InChI is InChI=1S/C19H18ClFN2O3/c20-14-9-17-18(26-7-6-25-17)10-15(14)22-19(24)11-23-5-1-2-12-8-13(21)3-4-16(12)23/h3-4,8-10H,1-2,5-7,11H2,(H,22,24). The van der Waals surface area contributed by atoms with Crippen LogP contribution in [0.2, 0.25) is 5.02 Å². The van der Waals surface area contributed by atoms with E-state index in [9.17, 15) is 9.18 Å². The van der Waals surface area contributed by atoms with Crippen LogP contribution in [0.1, 0.15) is 12.0 Å². The molecule has 0 atom stereocenters. The first-order chi connectivity index (χ1) is 12.6. The predicted octanol–water partition coefficient (Wildman–Crippen LogP) is 3.64. The van der Waals surface area contributed by atoms with Gasteiger partial charge in [-0.05, 0) is 36.6 Å². The summed E-state index contributed by atoms with van der Waals surface area (Å²) < 4.78 is 24.4. The highest BCUT2D eigenvalue weighted by molar-refractivity contribution is 6.34.